The topological polar surface area (TPSA) is 79.2 Å². The predicted molar refractivity (Wildman–Crippen MR) is 141 cm³/mol. The van der Waals surface area contributed by atoms with Gasteiger partial charge in [0.1, 0.15) is 12.2 Å². The van der Waals surface area contributed by atoms with E-state index >= 15 is 0 Å². The first kappa shape index (κ1) is 23.4. The Balaban J connectivity index is 1.07. The van der Waals surface area contributed by atoms with Crippen molar-refractivity contribution in [2.45, 2.75) is 70.5 Å². The number of fused-ring (bicyclic) bond motifs is 3. The normalized spacial score (nSPS) is 21.8. The summed E-state index contributed by atoms with van der Waals surface area (Å²) < 4.78 is 2.28. The zero-order chi connectivity index (χ0) is 24.3. The highest BCUT2D eigenvalue weighted by molar-refractivity contribution is 5.85. The third-order valence-electron chi connectivity index (χ3n) is 8.15. The molecule has 2 saturated heterocycles. The molecule has 3 aromatic rings. The highest BCUT2D eigenvalue weighted by atomic mass is 16.2. The summed E-state index contributed by atoms with van der Waals surface area (Å²) in [6.45, 7) is 5.64. The minimum absolute atomic E-state index is 0.00782. The van der Waals surface area contributed by atoms with Crippen molar-refractivity contribution in [1.82, 2.24) is 29.7 Å². The first-order valence-electron chi connectivity index (χ1n) is 13.8. The van der Waals surface area contributed by atoms with Crippen molar-refractivity contribution in [3.05, 3.63) is 48.0 Å². The summed E-state index contributed by atoms with van der Waals surface area (Å²) in [5.41, 5.74) is 3.21. The number of hydrogen-bond donors (Lipinski definition) is 1. The molecule has 1 atom stereocenters. The number of rotatable bonds is 5. The van der Waals surface area contributed by atoms with E-state index in [0.29, 0.717) is 6.54 Å². The molecule has 0 bridgehead atoms. The average molecular weight is 488 g/mol. The molecule has 3 aliphatic rings. The molecule has 1 unspecified atom stereocenters. The number of hydrogen-bond acceptors (Lipinski definition) is 6. The second-order valence-corrected chi connectivity index (χ2v) is 10.7. The van der Waals surface area contributed by atoms with Gasteiger partial charge in [-0.05, 0) is 44.1 Å². The molecule has 0 saturated carbocycles. The number of likely N-dealkylation sites (tertiary alicyclic amines) is 1. The molecular formula is C28H37N7O. The Hall–Kier alpha value is -3.00. The number of carbonyl (C=O) groups excluding carboxylic acids is 1. The lowest BCUT2D eigenvalue weighted by Crippen LogP contribution is -2.49. The van der Waals surface area contributed by atoms with E-state index in [1.165, 1.54) is 24.8 Å². The van der Waals surface area contributed by atoms with Crippen molar-refractivity contribution < 1.29 is 4.79 Å². The van der Waals surface area contributed by atoms with Crippen molar-refractivity contribution in [3.63, 3.8) is 0 Å². The van der Waals surface area contributed by atoms with Gasteiger partial charge in [0.25, 0.3) is 0 Å². The predicted octanol–water partition coefficient (Wildman–Crippen LogP) is 3.55. The highest BCUT2D eigenvalue weighted by Crippen LogP contribution is 2.29. The van der Waals surface area contributed by atoms with Gasteiger partial charge in [0, 0.05) is 51.7 Å². The second-order valence-electron chi connectivity index (χ2n) is 10.7. The van der Waals surface area contributed by atoms with Crippen molar-refractivity contribution in [3.8, 4) is 0 Å². The Bertz CT molecular complexity index is 1190. The van der Waals surface area contributed by atoms with Gasteiger partial charge in [0.05, 0.1) is 5.92 Å². The maximum absolute atomic E-state index is 13.3. The van der Waals surface area contributed by atoms with E-state index in [-0.39, 0.29) is 17.9 Å². The van der Waals surface area contributed by atoms with Crippen LogP contribution in [0.2, 0.25) is 0 Å². The molecule has 0 spiro atoms. The number of imidazole rings is 1. The maximum Gasteiger partial charge on any atom is 0.225 e. The van der Waals surface area contributed by atoms with Crippen molar-refractivity contribution in [1.29, 1.82) is 0 Å². The van der Waals surface area contributed by atoms with Crippen LogP contribution in [0.3, 0.4) is 0 Å². The molecule has 8 nitrogen and oxygen atoms in total. The number of amides is 1. The summed E-state index contributed by atoms with van der Waals surface area (Å²) in [5.74, 6) is 2.22. The Morgan fingerprint density at radius 3 is 2.67 bits per heavy atom. The van der Waals surface area contributed by atoms with E-state index in [2.05, 4.69) is 60.0 Å². The Kier molecular flexibility index (Phi) is 6.86. The first-order chi connectivity index (χ1) is 17.7. The van der Waals surface area contributed by atoms with Gasteiger partial charge in [-0.3, -0.25) is 9.69 Å². The summed E-state index contributed by atoms with van der Waals surface area (Å²) in [5, 5.41) is 3.38. The fraction of sp³-hybridized carbons (Fsp3) is 0.571. The molecule has 6 rings (SSSR count). The van der Waals surface area contributed by atoms with Crippen LogP contribution in [-0.4, -0.2) is 62.5 Å². The minimum atomic E-state index is -0.00782. The number of nitrogens with zero attached hydrogens (tertiary/aromatic N) is 6. The Morgan fingerprint density at radius 2 is 1.81 bits per heavy atom. The van der Waals surface area contributed by atoms with Crippen LogP contribution < -0.4 is 10.2 Å². The van der Waals surface area contributed by atoms with E-state index in [1.54, 1.807) is 6.33 Å². The van der Waals surface area contributed by atoms with Crippen molar-refractivity contribution >= 4 is 22.9 Å². The Labute approximate surface area is 213 Å². The van der Waals surface area contributed by atoms with Gasteiger partial charge in [0.2, 0.25) is 5.91 Å². The number of aromatic nitrogens is 4. The number of carbonyl (C=O) groups is 1. The molecule has 190 valence electrons. The number of anilines is 1. The fourth-order valence-corrected chi connectivity index (χ4v) is 6.14. The second kappa shape index (κ2) is 10.5. The molecule has 1 aromatic carbocycles. The van der Waals surface area contributed by atoms with Gasteiger partial charge in [-0.15, -0.1) is 0 Å². The van der Waals surface area contributed by atoms with E-state index in [0.717, 1.165) is 87.6 Å². The standard InChI is InChI=1S/C28H37N7O/c36-28(31-23-12-16-33(17-13-23)18-21-8-3-1-4-9-21)22-10-7-14-34(19-22)26-25-27(30-20-29-26)35-15-6-2-5-11-24(35)32-25/h1,3-4,8-9,20,22-23H,2,5-7,10-19H2,(H,31,36). The van der Waals surface area contributed by atoms with Gasteiger partial charge in [0.15, 0.2) is 17.0 Å². The summed E-state index contributed by atoms with van der Waals surface area (Å²) in [7, 11) is 0. The molecule has 1 N–H and O–H groups in total. The van der Waals surface area contributed by atoms with Crippen LogP contribution in [0.25, 0.3) is 11.2 Å². The number of piperidine rings is 2. The molecule has 36 heavy (non-hydrogen) atoms. The third-order valence-corrected chi connectivity index (χ3v) is 8.15. The molecule has 3 aliphatic heterocycles. The van der Waals surface area contributed by atoms with Gasteiger partial charge in [-0.1, -0.05) is 36.8 Å². The fourth-order valence-electron chi connectivity index (χ4n) is 6.14. The van der Waals surface area contributed by atoms with Crippen LogP contribution in [0, 0.1) is 5.92 Å². The molecule has 2 aromatic heterocycles. The quantitative estimate of drug-likeness (QED) is 0.593. The molecule has 1 amide bonds. The molecular weight excluding hydrogens is 450 g/mol. The molecule has 0 radical (unpaired) electrons. The molecule has 8 heteroatoms. The van der Waals surface area contributed by atoms with E-state index in [4.69, 9.17) is 4.98 Å². The summed E-state index contributed by atoms with van der Waals surface area (Å²) in [6.07, 6.45) is 10.2. The molecule has 0 aliphatic carbocycles. The average Bonchev–Trinajstić information content (AvgIpc) is 3.11. The number of aryl methyl sites for hydroxylation is 2. The van der Waals surface area contributed by atoms with Crippen LogP contribution in [0.15, 0.2) is 36.7 Å². The van der Waals surface area contributed by atoms with Gasteiger partial charge >= 0.3 is 0 Å². The van der Waals surface area contributed by atoms with E-state index < -0.39 is 0 Å². The lowest BCUT2D eigenvalue weighted by atomic mass is 9.95. The van der Waals surface area contributed by atoms with Crippen LogP contribution in [0.4, 0.5) is 5.82 Å². The minimum Gasteiger partial charge on any atom is -0.354 e. The van der Waals surface area contributed by atoms with E-state index in [1.807, 2.05) is 0 Å². The van der Waals surface area contributed by atoms with Crippen molar-refractivity contribution in [2.24, 2.45) is 5.92 Å². The summed E-state index contributed by atoms with van der Waals surface area (Å²) in [6, 6.07) is 10.9. The monoisotopic (exact) mass is 487 g/mol. The SMILES string of the molecule is O=C(NC1CCN(Cc2ccccc2)CC1)C1CCCN(c2ncnc3c2nc2n3CCCCC2)C1. The Morgan fingerprint density at radius 1 is 0.944 bits per heavy atom. The number of nitrogens with one attached hydrogen (secondary N) is 1. The lowest BCUT2D eigenvalue weighted by Gasteiger charge is -2.35. The molecule has 2 fully saturated rings. The smallest absolute Gasteiger partial charge is 0.225 e. The largest absolute Gasteiger partial charge is 0.354 e. The zero-order valence-electron chi connectivity index (χ0n) is 21.1. The summed E-state index contributed by atoms with van der Waals surface area (Å²) >= 11 is 0. The van der Waals surface area contributed by atoms with Crippen LogP contribution in [-0.2, 0) is 24.3 Å². The summed E-state index contributed by atoms with van der Waals surface area (Å²) in [4.78, 5) is 32.3. The zero-order valence-corrected chi connectivity index (χ0v) is 21.1. The van der Waals surface area contributed by atoms with Gasteiger partial charge in [-0.25, -0.2) is 15.0 Å². The molecule has 5 heterocycles. The first-order valence-corrected chi connectivity index (χ1v) is 13.8. The van der Waals surface area contributed by atoms with Gasteiger partial charge in [-0.2, -0.15) is 0 Å². The highest BCUT2D eigenvalue weighted by Gasteiger charge is 2.31. The van der Waals surface area contributed by atoms with Gasteiger partial charge < -0.3 is 14.8 Å². The lowest BCUT2D eigenvalue weighted by molar-refractivity contribution is -0.126. The van der Waals surface area contributed by atoms with Crippen LogP contribution in [0.1, 0.15) is 56.3 Å². The maximum atomic E-state index is 13.3. The van der Waals surface area contributed by atoms with Crippen LogP contribution in [0.5, 0.6) is 0 Å². The van der Waals surface area contributed by atoms with Crippen molar-refractivity contribution in [2.75, 3.05) is 31.1 Å². The number of benzene rings is 1. The third kappa shape index (κ3) is 4.96. The van der Waals surface area contributed by atoms with Crippen LogP contribution >= 0.6 is 0 Å². The van der Waals surface area contributed by atoms with E-state index in [9.17, 15) is 4.79 Å².